The molecule has 1 unspecified atom stereocenters. The molecule has 0 aliphatic carbocycles. The number of hydrogen-bond donors (Lipinski definition) is 3. The zero-order valence-corrected chi connectivity index (χ0v) is 12.1. The van der Waals surface area contributed by atoms with Crippen LogP contribution in [0.3, 0.4) is 0 Å². The Labute approximate surface area is 127 Å². The zero-order valence-electron chi connectivity index (χ0n) is 10.6. The van der Waals surface area contributed by atoms with Crippen LogP contribution in [0.2, 0.25) is 10.0 Å². The van der Waals surface area contributed by atoms with Gasteiger partial charge in [-0.3, -0.25) is 4.98 Å². The molecule has 0 bridgehead atoms. The minimum absolute atomic E-state index is 0.00182. The molecular weight excluding hydrogens is 299 g/mol. The Morgan fingerprint density at radius 2 is 1.90 bits per heavy atom. The van der Waals surface area contributed by atoms with Crippen LogP contribution in [0.1, 0.15) is 17.2 Å². The minimum Gasteiger partial charge on any atom is -0.506 e. The number of rotatable bonds is 5. The van der Waals surface area contributed by atoms with Gasteiger partial charge >= 0.3 is 0 Å². The number of aliphatic hydroxyl groups excluding tert-OH is 1. The van der Waals surface area contributed by atoms with Gasteiger partial charge in [-0.25, -0.2) is 0 Å². The van der Waals surface area contributed by atoms with Crippen molar-refractivity contribution in [2.75, 3.05) is 6.54 Å². The molecule has 1 aromatic carbocycles. The number of phenolic OH excluding ortho intramolecular Hbond substituents is 1. The number of nitrogens with one attached hydrogen (secondary N) is 1. The van der Waals surface area contributed by atoms with Crippen LogP contribution in [-0.2, 0) is 6.54 Å². The van der Waals surface area contributed by atoms with Crippen LogP contribution in [-0.4, -0.2) is 21.7 Å². The zero-order chi connectivity index (χ0) is 14.5. The number of aliphatic hydroxyl groups is 1. The lowest BCUT2D eigenvalue weighted by molar-refractivity contribution is 0.174. The van der Waals surface area contributed by atoms with Gasteiger partial charge in [-0.05, 0) is 29.8 Å². The summed E-state index contributed by atoms with van der Waals surface area (Å²) in [6.07, 6.45) is 2.61. The van der Waals surface area contributed by atoms with Crippen LogP contribution in [0.4, 0.5) is 0 Å². The van der Waals surface area contributed by atoms with Crippen molar-refractivity contribution in [3.63, 3.8) is 0 Å². The van der Waals surface area contributed by atoms with Gasteiger partial charge in [-0.15, -0.1) is 0 Å². The maximum Gasteiger partial charge on any atom is 0.138 e. The quantitative estimate of drug-likeness (QED) is 0.794. The maximum atomic E-state index is 9.97. The molecule has 1 atom stereocenters. The number of aromatic hydroxyl groups is 1. The van der Waals surface area contributed by atoms with Gasteiger partial charge in [0.1, 0.15) is 5.75 Å². The van der Waals surface area contributed by atoms with E-state index in [2.05, 4.69) is 10.3 Å². The van der Waals surface area contributed by atoms with E-state index in [1.54, 1.807) is 30.6 Å². The second-order valence-corrected chi connectivity index (χ2v) is 5.17. The van der Waals surface area contributed by atoms with Crippen molar-refractivity contribution in [2.45, 2.75) is 12.6 Å². The fourth-order valence-corrected chi connectivity index (χ4v) is 2.34. The van der Waals surface area contributed by atoms with Crippen molar-refractivity contribution in [2.24, 2.45) is 0 Å². The molecule has 0 aliphatic heterocycles. The average molecular weight is 313 g/mol. The predicted octanol–water partition coefficient (Wildman–Crippen LogP) is 2.92. The highest BCUT2D eigenvalue weighted by Crippen LogP contribution is 2.31. The summed E-state index contributed by atoms with van der Waals surface area (Å²) in [5.74, 6) is 0.00182. The first-order valence-corrected chi connectivity index (χ1v) is 6.79. The van der Waals surface area contributed by atoms with Crippen molar-refractivity contribution >= 4 is 23.2 Å². The van der Waals surface area contributed by atoms with E-state index in [1.165, 1.54) is 6.07 Å². The number of benzene rings is 1. The molecule has 106 valence electrons. The van der Waals surface area contributed by atoms with Crippen molar-refractivity contribution in [3.8, 4) is 5.75 Å². The first-order chi connectivity index (χ1) is 9.58. The Hall–Kier alpha value is -1.33. The largest absolute Gasteiger partial charge is 0.506 e. The standard InChI is InChI=1S/C14H14Cl2N2O2/c15-11-5-10(14(20)12(16)6-11)7-18-8-13(19)9-1-3-17-4-2-9/h1-6,13,18-20H,7-8H2. The fourth-order valence-electron chi connectivity index (χ4n) is 1.80. The number of pyridine rings is 1. The molecule has 2 aromatic rings. The Morgan fingerprint density at radius 3 is 2.60 bits per heavy atom. The predicted molar refractivity (Wildman–Crippen MR) is 79.0 cm³/mol. The molecule has 3 N–H and O–H groups in total. The molecule has 0 saturated heterocycles. The third kappa shape index (κ3) is 3.84. The van der Waals surface area contributed by atoms with Crippen molar-refractivity contribution in [1.82, 2.24) is 10.3 Å². The van der Waals surface area contributed by atoms with Crippen molar-refractivity contribution < 1.29 is 10.2 Å². The van der Waals surface area contributed by atoms with E-state index in [-0.39, 0.29) is 10.8 Å². The second kappa shape index (κ2) is 6.90. The molecule has 4 nitrogen and oxygen atoms in total. The number of halogens is 2. The van der Waals surface area contributed by atoms with Gasteiger partial charge < -0.3 is 15.5 Å². The van der Waals surface area contributed by atoms with Gasteiger partial charge in [0.15, 0.2) is 0 Å². The molecular formula is C14H14Cl2N2O2. The Balaban J connectivity index is 1.93. The van der Waals surface area contributed by atoms with Gasteiger partial charge in [0, 0.05) is 36.1 Å². The molecule has 0 fully saturated rings. The van der Waals surface area contributed by atoms with Crippen molar-refractivity contribution in [1.29, 1.82) is 0 Å². The molecule has 2 rings (SSSR count). The van der Waals surface area contributed by atoms with Crippen LogP contribution in [0.15, 0.2) is 36.7 Å². The van der Waals surface area contributed by atoms with E-state index in [9.17, 15) is 10.2 Å². The third-order valence-electron chi connectivity index (χ3n) is 2.85. The summed E-state index contributed by atoms with van der Waals surface area (Å²) in [5, 5.41) is 23.5. The van der Waals surface area contributed by atoms with Crippen molar-refractivity contribution in [3.05, 3.63) is 57.8 Å². The Bertz CT molecular complexity index is 579. The lowest BCUT2D eigenvalue weighted by atomic mass is 10.1. The maximum absolute atomic E-state index is 9.97. The molecule has 1 aromatic heterocycles. The van der Waals surface area contributed by atoms with E-state index in [0.717, 1.165) is 5.56 Å². The van der Waals surface area contributed by atoms with E-state index < -0.39 is 6.10 Å². The highest BCUT2D eigenvalue weighted by molar-refractivity contribution is 6.35. The number of hydrogen-bond acceptors (Lipinski definition) is 4. The summed E-state index contributed by atoms with van der Waals surface area (Å²) in [6.45, 7) is 0.696. The summed E-state index contributed by atoms with van der Waals surface area (Å²) >= 11 is 11.7. The third-order valence-corrected chi connectivity index (χ3v) is 3.36. The number of nitrogens with zero attached hydrogens (tertiary/aromatic N) is 1. The SMILES string of the molecule is Oc1c(Cl)cc(Cl)cc1CNCC(O)c1ccncc1. The second-order valence-electron chi connectivity index (χ2n) is 4.32. The van der Waals surface area contributed by atoms with Gasteiger partial charge in [-0.2, -0.15) is 0 Å². The average Bonchev–Trinajstić information content (AvgIpc) is 2.44. The molecule has 20 heavy (non-hydrogen) atoms. The lowest BCUT2D eigenvalue weighted by Crippen LogP contribution is -2.21. The first kappa shape index (κ1) is 15.1. The number of aromatic nitrogens is 1. The van der Waals surface area contributed by atoms with E-state index >= 15 is 0 Å². The summed E-state index contributed by atoms with van der Waals surface area (Å²) < 4.78 is 0. The fraction of sp³-hybridized carbons (Fsp3) is 0.214. The van der Waals surface area contributed by atoms with Crippen LogP contribution in [0.25, 0.3) is 0 Å². The monoisotopic (exact) mass is 312 g/mol. The summed E-state index contributed by atoms with van der Waals surface area (Å²) in [5.41, 5.74) is 1.37. The van der Waals surface area contributed by atoms with Gasteiger partial charge in [0.05, 0.1) is 11.1 Å². The first-order valence-electron chi connectivity index (χ1n) is 6.03. The summed E-state index contributed by atoms with van der Waals surface area (Å²) in [6, 6.07) is 6.61. The smallest absolute Gasteiger partial charge is 0.138 e. The topological polar surface area (TPSA) is 65.4 Å². The van der Waals surface area contributed by atoms with Gasteiger partial charge in [-0.1, -0.05) is 23.2 Å². The molecule has 6 heteroatoms. The number of phenols is 1. The molecule has 0 aliphatic rings. The normalized spacial score (nSPS) is 12.3. The molecule has 0 radical (unpaired) electrons. The van der Waals surface area contributed by atoms with E-state index in [4.69, 9.17) is 23.2 Å². The highest BCUT2D eigenvalue weighted by Gasteiger charge is 2.10. The highest BCUT2D eigenvalue weighted by atomic mass is 35.5. The van der Waals surface area contributed by atoms with Gasteiger partial charge in [0.25, 0.3) is 0 Å². The molecule has 0 amide bonds. The Morgan fingerprint density at radius 1 is 1.20 bits per heavy atom. The summed E-state index contributed by atoms with van der Waals surface area (Å²) in [4.78, 5) is 3.89. The van der Waals surface area contributed by atoms with Crippen LogP contribution in [0.5, 0.6) is 5.75 Å². The van der Waals surface area contributed by atoms with E-state index in [1.807, 2.05) is 0 Å². The van der Waals surface area contributed by atoms with Crippen LogP contribution >= 0.6 is 23.2 Å². The van der Waals surface area contributed by atoms with Crippen LogP contribution < -0.4 is 5.32 Å². The van der Waals surface area contributed by atoms with Crippen LogP contribution in [0, 0.1) is 0 Å². The molecule has 0 spiro atoms. The van der Waals surface area contributed by atoms with Gasteiger partial charge in [0.2, 0.25) is 0 Å². The minimum atomic E-state index is -0.644. The lowest BCUT2D eigenvalue weighted by Gasteiger charge is -2.13. The molecule has 0 saturated carbocycles. The summed E-state index contributed by atoms with van der Waals surface area (Å²) in [7, 11) is 0. The van der Waals surface area contributed by atoms with E-state index in [0.29, 0.717) is 23.7 Å². The molecule has 1 heterocycles. The Kier molecular flexibility index (Phi) is 5.20.